The Kier molecular flexibility index (Phi) is 34.9. The third-order valence-corrected chi connectivity index (χ3v) is 20.9. The second-order valence-electron chi connectivity index (χ2n) is 28.9. The lowest BCUT2D eigenvalue weighted by Gasteiger charge is -2.51. The summed E-state index contributed by atoms with van der Waals surface area (Å²) in [5.74, 6) is -2.98. The minimum Gasteiger partial charge on any atom is -0.394 e. The second-order valence-corrected chi connectivity index (χ2v) is 28.9. The first-order valence-electron chi connectivity index (χ1n) is 36.7. The minimum atomic E-state index is -2.58. The van der Waals surface area contributed by atoms with E-state index >= 15 is 0 Å². The van der Waals surface area contributed by atoms with Crippen LogP contribution in [0.3, 0.4) is 0 Å². The molecule has 4 amide bonds. The Balaban J connectivity index is 1.06. The number of aliphatic hydroxyl groups is 25. The van der Waals surface area contributed by atoms with Crippen LogP contribution in [-0.4, -0.2) is 500 Å². The van der Waals surface area contributed by atoms with Crippen molar-refractivity contribution in [3.63, 3.8) is 0 Å². The Morgan fingerprint density at radius 1 is 0.304 bits per heavy atom. The molecule has 29 N–H and O–H groups in total. The van der Waals surface area contributed by atoms with Gasteiger partial charge >= 0.3 is 0 Å². The first-order valence-corrected chi connectivity index (χ1v) is 36.7. The number of hydrogen-bond donors (Lipinski definition) is 29. The molecule has 0 aromatic heterocycles. The smallest absolute Gasteiger partial charge is 0.217 e. The van der Waals surface area contributed by atoms with Gasteiger partial charge in [-0.1, -0.05) is 0 Å². The SMILES string of the molecule is CC(=O)N[C@H]1[C@H](O[C@H]2[C@@H](O)[C@@H](CO[C@@H]3O[C@H](CO)[C@@H](O)[C@H](O[C@@H]4O[C@H](CO)[C@H](O)[C@H](O)[C@H]4O[C@@H]4O[C@@H](C)[C@@H](O)[C@@H](O)[C@@H]4O)[C@H]3NC(C)=O)O[C@@H](O[C@H]3[C@H](O)[C@@H](CO)O[C@@H](O[C@H]4[C@@H](O)[C@@H](CO)O[C@@H](O[C@H]5[C@H](O)[C@@H](O)[C@H](OC[C@@H](CO)NC=O)O[C@@H]5CO)[C@@H]4O)[C@@H]3NC(C)=O)[C@@H]2O)O[C@H](CO)[C@@H](O)[C@@H]1O[C@@H]1O[C@H](CO)[C@H](O)[C@H](O)[C@H]1O. The van der Waals surface area contributed by atoms with Crippen LogP contribution in [0.4, 0.5) is 0 Å². The Hall–Kier alpha value is -3.84. The van der Waals surface area contributed by atoms with Crippen molar-refractivity contribution in [3.8, 4) is 0 Å². The number of ether oxygens (including phenoxy) is 18. The fourth-order valence-electron chi connectivity index (χ4n) is 14.6. The maximum atomic E-state index is 13.4. The Morgan fingerprint density at radius 3 is 1.04 bits per heavy atom. The zero-order valence-electron chi connectivity index (χ0n) is 61.9. The average Bonchev–Trinajstić information content (AvgIpc) is 0.756. The molecule has 9 saturated heterocycles. The average molecular weight is 1690 g/mol. The summed E-state index contributed by atoms with van der Waals surface area (Å²) >= 11 is 0. The molecule has 115 heavy (non-hydrogen) atoms. The molecule has 51 heteroatoms. The van der Waals surface area contributed by atoms with Crippen molar-refractivity contribution >= 4 is 24.1 Å². The highest BCUT2D eigenvalue weighted by Crippen LogP contribution is 2.40. The van der Waals surface area contributed by atoms with E-state index in [9.17, 15) is 147 Å². The summed E-state index contributed by atoms with van der Waals surface area (Å²) < 4.78 is 107. The third kappa shape index (κ3) is 21.4. The molecule has 0 aromatic carbocycles. The standard InChI is InChI=1S/C64H108N4O47/c1-16-32(81)40(89)44(93)60(100-16)115-55-42(91)34(83)22(7-71)106-64(55)112-50-29(66-17(2)78)56(101-23(8-72)35(50)84)99-14-28-39(88)54(114-58-30(67-18(3)79)51(36(85)24(9-73)103-58)110-61-45(94)41(90)33(82)21(6-70)104-61)48(97)63(108-28)111-52-31(68-19(4)80)57(102-25(10-74)37(52)86)113-53-38(87)26(11-75)105-62(47(53)96)109-49-27(12-76)107-59(46(95)43(49)92)98-13-20(5-69)65-15-77/h15-16,20-64,69-76,81-97H,5-14H2,1-4H3,(H,65,77)(H,66,78)(H,67,79)(H,68,80)/t16-,20+,21+,22+,23+,24+,25+,26+,27+,28+,29+,30+,31+,32+,33-,34-,35+,36+,37+,38-,39-,40+,41-,42-,43+,44-,45+,46+,47+,48+,49+,50+,51+,52+,53-,54-,55+,56+,57-,58-,59+,60-,61-,62-,63-,64-/m0/s1. The van der Waals surface area contributed by atoms with Crippen LogP contribution in [0.15, 0.2) is 0 Å². The van der Waals surface area contributed by atoms with E-state index < -0.39 is 366 Å². The van der Waals surface area contributed by atoms with Crippen molar-refractivity contribution < 1.29 is 232 Å². The summed E-state index contributed by atoms with van der Waals surface area (Å²) in [6, 6.07) is -7.02. The molecule has 9 aliphatic rings. The number of carbonyl (C=O) groups is 4. The molecular weight excluding hydrogens is 1580 g/mol. The van der Waals surface area contributed by atoms with E-state index in [1.807, 2.05) is 0 Å². The lowest BCUT2D eigenvalue weighted by atomic mass is 9.93. The van der Waals surface area contributed by atoms with Crippen LogP contribution in [0.25, 0.3) is 0 Å². The topological polar surface area (TPSA) is 788 Å². The normalized spacial score (nSPS) is 48.2. The van der Waals surface area contributed by atoms with Crippen LogP contribution in [0.5, 0.6) is 0 Å². The van der Waals surface area contributed by atoms with Crippen LogP contribution < -0.4 is 21.3 Å². The predicted molar refractivity (Wildman–Crippen MR) is 354 cm³/mol. The zero-order valence-corrected chi connectivity index (χ0v) is 61.9. The van der Waals surface area contributed by atoms with E-state index in [0.29, 0.717) is 0 Å². The molecule has 0 bridgehead atoms. The van der Waals surface area contributed by atoms with Crippen LogP contribution in [0, 0.1) is 0 Å². The monoisotopic (exact) mass is 1680 g/mol. The van der Waals surface area contributed by atoms with Crippen LogP contribution in [0.2, 0.25) is 0 Å². The summed E-state index contributed by atoms with van der Waals surface area (Å²) in [5.41, 5.74) is 0. The highest BCUT2D eigenvalue weighted by atomic mass is 16.8. The maximum absolute atomic E-state index is 13.4. The van der Waals surface area contributed by atoms with E-state index in [-0.39, 0.29) is 6.41 Å². The molecule has 9 aliphatic heterocycles. The van der Waals surface area contributed by atoms with Crippen LogP contribution in [-0.2, 0) is 104 Å². The van der Waals surface area contributed by atoms with Crippen LogP contribution in [0.1, 0.15) is 27.7 Å². The number of hydrogen-bond acceptors (Lipinski definition) is 47. The van der Waals surface area contributed by atoms with E-state index in [1.165, 1.54) is 6.92 Å². The van der Waals surface area contributed by atoms with E-state index in [2.05, 4.69) is 21.3 Å². The molecule has 0 spiro atoms. The van der Waals surface area contributed by atoms with Crippen molar-refractivity contribution in [1.82, 2.24) is 21.3 Å². The molecule has 0 unspecified atom stereocenters. The van der Waals surface area contributed by atoms with Gasteiger partial charge in [0.25, 0.3) is 0 Å². The Bertz CT molecular complexity index is 3010. The molecule has 9 fully saturated rings. The molecule has 46 atom stereocenters. The quantitative estimate of drug-likeness (QED) is 0.0271. The van der Waals surface area contributed by atoms with E-state index in [4.69, 9.17) is 85.3 Å². The molecular formula is C64H108N4O47. The second kappa shape index (κ2) is 42.3. The van der Waals surface area contributed by atoms with Gasteiger partial charge < -0.3 is 234 Å². The summed E-state index contributed by atoms with van der Waals surface area (Å²) in [6.07, 6.45) is -86.4. The molecule has 51 nitrogen and oxygen atoms in total. The zero-order chi connectivity index (χ0) is 84.6. The summed E-state index contributed by atoms with van der Waals surface area (Å²) in [6.45, 7) is -6.01. The fraction of sp³-hybridized carbons (Fsp3) is 0.938. The van der Waals surface area contributed by atoms with Crippen LogP contribution >= 0.6 is 0 Å². The number of aliphatic hydroxyl groups excluding tert-OH is 25. The van der Waals surface area contributed by atoms with Gasteiger partial charge in [0, 0.05) is 20.8 Å². The molecule has 666 valence electrons. The fourth-order valence-corrected chi connectivity index (χ4v) is 14.6. The summed E-state index contributed by atoms with van der Waals surface area (Å²) in [7, 11) is 0. The molecule has 9 rings (SSSR count). The molecule has 0 saturated carbocycles. The van der Waals surface area contributed by atoms with Gasteiger partial charge in [0.15, 0.2) is 56.6 Å². The maximum Gasteiger partial charge on any atom is 0.217 e. The van der Waals surface area contributed by atoms with Gasteiger partial charge in [0.1, 0.15) is 213 Å². The first kappa shape index (κ1) is 95.0. The van der Waals surface area contributed by atoms with E-state index in [1.54, 1.807) is 0 Å². The van der Waals surface area contributed by atoms with Crippen molar-refractivity contribution in [2.45, 2.75) is 310 Å². The number of nitrogens with one attached hydrogen (secondary N) is 4. The minimum absolute atomic E-state index is 0.241. The molecule has 0 radical (unpaired) electrons. The number of amides is 4. The largest absolute Gasteiger partial charge is 0.394 e. The van der Waals surface area contributed by atoms with Crippen molar-refractivity contribution in [2.75, 3.05) is 66.1 Å². The molecule has 0 aromatic rings. The van der Waals surface area contributed by atoms with Gasteiger partial charge in [-0.3, -0.25) is 19.2 Å². The predicted octanol–water partition coefficient (Wildman–Crippen LogP) is -20.0. The molecule has 0 aliphatic carbocycles. The van der Waals surface area contributed by atoms with Gasteiger partial charge in [-0.15, -0.1) is 0 Å². The lowest BCUT2D eigenvalue weighted by Crippen LogP contribution is -2.71. The lowest BCUT2D eigenvalue weighted by molar-refractivity contribution is -0.389. The first-order chi connectivity index (χ1) is 54.5. The summed E-state index contributed by atoms with van der Waals surface area (Å²) in [4.78, 5) is 51.0. The highest BCUT2D eigenvalue weighted by molar-refractivity contribution is 5.74. The van der Waals surface area contributed by atoms with Gasteiger partial charge in [-0.2, -0.15) is 0 Å². The van der Waals surface area contributed by atoms with Gasteiger partial charge in [0.05, 0.1) is 78.2 Å². The van der Waals surface area contributed by atoms with Crippen molar-refractivity contribution in [2.24, 2.45) is 0 Å². The molecule has 9 heterocycles. The van der Waals surface area contributed by atoms with Gasteiger partial charge in [0.2, 0.25) is 24.1 Å². The van der Waals surface area contributed by atoms with E-state index in [0.717, 1.165) is 20.8 Å². The highest BCUT2D eigenvalue weighted by Gasteiger charge is 2.61. The number of rotatable bonds is 33. The summed E-state index contributed by atoms with van der Waals surface area (Å²) in [5, 5.41) is 287. The van der Waals surface area contributed by atoms with Gasteiger partial charge in [-0.05, 0) is 6.92 Å². The Labute approximate surface area is 651 Å². The van der Waals surface area contributed by atoms with Crippen molar-refractivity contribution in [3.05, 3.63) is 0 Å². The van der Waals surface area contributed by atoms with Crippen molar-refractivity contribution in [1.29, 1.82) is 0 Å². The third-order valence-electron chi connectivity index (χ3n) is 20.9. The Morgan fingerprint density at radius 2 is 0.609 bits per heavy atom. The van der Waals surface area contributed by atoms with Gasteiger partial charge in [-0.25, -0.2) is 0 Å². The number of carbonyl (C=O) groups excluding carboxylic acids is 4.